The van der Waals surface area contributed by atoms with Crippen molar-refractivity contribution in [2.75, 3.05) is 0 Å². The Hall–Kier alpha value is -0.870. The molecule has 0 aromatic heterocycles. The van der Waals surface area contributed by atoms with E-state index in [1.807, 2.05) is 6.92 Å². The van der Waals surface area contributed by atoms with Crippen LogP contribution >= 0.6 is 0 Å². The van der Waals surface area contributed by atoms with Gasteiger partial charge in [-0.25, -0.2) is 13.6 Å². The van der Waals surface area contributed by atoms with Crippen molar-refractivity contribution in [1.82, 2.24) is 0 Å². The molecule has 0 bridgehead atoms. The molecule has 12 heavy (non-hydrogen) atoms. The molecular weight excluding hydrogens is 174 g/mol. The van der Waals surface area contributed by atoms with Crippen LogP contribution in [0.2, 0.25) is 0 Å². The van der Waals surface area contributed by atoms with Crippen LogP contribution in [0.5, 0.6) is 0 Å². The third-order valence-electron chi connectivity index (χ3n) is 1.58. The van der Waals surface area contributed by atoms with E-state index in [-0.39, 0.29) is 4.91 Å². The standard InChI is InChI=1S/C8H11NO2S/c1-7-3-2-4-8(6-5-7)12(9,10)11/h2,4-6H,3H2,1H3,(H2,9,10,11). The minimum Gasteiger partial charge on any atom is -0.225 e. The van der Waals surface area contributed by atoms with E-state index >= 15 is 0 Å². The Morgan fingerprint density at radius 3 is 2.67 bits per heavy atom. The largest absolute Gasteiger partial charge is 0.238 e. The zero-order valence-electron chi connectivity index (χ0n) is 6.82. The van der Waals surface area contributed by atoms with Crippen molar-refractivity contribution in [2.45, 2.75) is 13.3 Å². The van der Waals surface area contributed by atoms with Crippen molar-refractivity contribution >= 4 is 10.0 Å². The molecule has 0 aliphatic heterocycles. The van der Waals surface area contributed by atoms with Crippen LogP contribution in [0.3, 0.4) is 0 Å². The molecule has 0 aromatic carbocycles. The van der Waals surface area contributed by atoms with Gasteiger partial charge < -0.3 is 0 Å². The highest BCUT2D eigenvalue weighted by Crippen LogP contribution is 2.12. The molecule has 66 valence electrons. The third kappa shape index (κ3) is 2.32. The van der Waals surface area contributed by atoms with Crippen LogP contribution in [0.25, 0.3) is 0 Å². The van der Waals surface area contributed by atoms with Crippen LogP contribution in [-0.4, -0.2) is 8.42 Å². The molecule has 0 fully saturated rings. The summed E-state index contributed by atoms with van der Waals surface area (Å²) in [6, 6.07) is 0. The predicted octanol–water partition coefficient (Wildman–Crippen LogP) is 1.07. The Morgan fingerprint density at radius 1 is 1.42 bits per heavy atom. The topological polar surface area (TPSA) is 60.2 Å². The summed E-state index contributed by atoms with van der Waals surface area (Å²) in [4.78, 5) is 0.166. The molecule has 1 aliphatic carbocycles. The summed E-state index contributed by atoms with van der Waals surface area (Å²) in [5.41, 5.74) is 1.12. The van der Waals surface area contributed by atoms with E-state index in [4.69, 9.17) is 5.14 Å². The summed E-state index contributed by atoms with van der Waals surface area (Å²) >= 11 is 0. The van der Waals surface area contributed by atoms with E-state index in [9.17, 15) is 8.42 Å². The van der Waals surface area contributed by atoms with Crippen LogP contribution in [0.15, 0.2) is 34.8 Å². The van der Waals surface area contributed by atoms with E-state index in [0.717, 1.165) is 12.0 Å². The van der Waals surface area contributed by atoms with Crippen LogP contribution in [-0.2, 0) is 10.0 Å². The van der Waals surface area contributed by atoms with Crippen LogP contribution in [0.4, 0.5) is 0 Å². The van der Waals surface area contributed by atoms with Gasteiger partial charge in [-0.2, -0.15) is 0 Å². The molecule has 2 N–H and O–H groups in total. The first-order valence-electron chi connectivity index (χ1n) is 3.57. The van der Waals surface area contributed by atoms with E-state index in [1.54, 1.807) is 12.2 Å². The molecule has 0 aromatic rings. The lowest BCUT2D eigenvalue weighted by Gasteiger charge is -1.93. The maximum Gasteiger partial charge on any atom is 0.238 e. The van der Waals surface area contributed by atoms with Crippen molar-refractivity contribution in [3.63, 3.8) is 0 Å². The molecular formula is C8H11NO2S. The maximum atomic E-state index is 10.9. The second-order valence-corrected chi connectivity index (χ2v) is 4.29. The molecule has 1 aliphatic rings. The third-order valence-corrected chi connectivity index (χ3v) is 2.51. The molecule has 4 heteroatoms. The van der Waals surface area contributed by atoms with Crippen LogP contribution < -0.4 is 5.14 Å². The van der Waals surface area contributed by atoms with E-state index in [2.05, 4.69) is 0 Å². The monoisotopic (exact) mass is 185 g/mol. The Kier molecular flexibility index (Phi) is 2.49. The fourth-order valence-corrected chi connectivity index (χ4v) is 1.44. The predicted molar refractivity (Wildman–Crippen MR) is 48.7 cm³/mol. The van der Waals surface area contributed by atoms with E-state index in [1.165, 1.54) is 12.2 Å². The quantitative estimate of drug-likeness (QED) is 0.664. The fourth-order valence-electron chi connectivity index (χ4n) is 0.899. The summed E-state index contributed by atoms with van der Waals surface area (Å²) in [5.74, 6) is 0. The lowest BCUT2D eigenvalue weighted by atomic mass is 10.2. The molecule has 0 amide bonds. The average Bonchev–Trinajstić information content (AvgIpc) is 2.11. The highest BCUT2D eigenvalue weighted by molar-refractivity contribution is 7.93. The smallest absolute Gasteiger partial charge is 0.225 e. The first kappa shape index (κ1) is 9.22. The number of hydrogen-bond acceptors (Lipinski definition) is 2. The van der Waals surface area contributed by atoms with Gasteiger partial charge in [0.2, 0.25) is 10.0 Å². The summed E-state index contributed by atoms with van der Waals surface area (Å²) in [6.07, 6.45) is 7.38. The van der Waals surface area contributed by atoms with Gasteiger partial charge >= 0.3 is 0 Å². The SMILES string of the molecule is CC1=CC=C(S(N)(=O)=O)C=CC1. The molecule has 1 rings (SSSR count). The second kappa shape index (κ2) is 3.25. The van der Waals surface area contributed by atoms with Gasteiger partial charge in [-0.1, -0.05) is 17.7 Å². The lowest BCUT2D eigenvalue weighted by Crippen LogP contribution is -2.12. The van der Waals surface area contributed by atoms with Crippen molar-refractivity contribution in [2.24, 2.45) is 5.14 Å². The number of rotatable bonds is 1. The zero-order valence-corrected chi connectivity index (χ0v) is 7.64. The summed E-state index contributed by atoms with van der Waals surface area (Å²) in [6.45, 7) is 1.94. The van der Waals surface area contributed by atoms with Gasteiger partial charge in [0.1, 0.15) is 0 Å². The first-order chi connectivity index (χ1) is 5.50. The summed E-state index contributed by atoms with van der Waals surface area (Å²) < 4.78 is 21.7. The summed E-state index contributed by atoms with van der Waals surface area (Å²) in [7, 11) is -3.54. The first-order valence-corrected chi connectivity index (χ1v) is 5.11. The molecule has 0 heterocycles. The minimum absolute atomic E-state index is 0.166. The van der Waals surface area contributed by atoms with Crippen molar-refractivity contribution in [3.05, 3.63) is 34.8 Å². The van der Waals surface area contributed by atoms with Crippen molar-refractivity contribution < 1.29 is 8.42 Å². The minimum atomic E-state index is -3.54. The second-order valence-electron chi connectivity index (χ2n) is 2.73. The van der Waals surface area contributed by atoms with Crippen molar-refractivity contribution in [3.8, 4) is 0 Å². The average molecular weight is 185 g/mol. The molecule has 0 atom stereocenters. The number of hydrogen-bond donors (Lipinski definition) is 1. The highest BCUT2D eigenvalue weighted by atomic mass is 32.2. The van der Waals surface area contributed by atoms with E-state index < -0.39 is 10.0 Å². The normalized spacial score (nSPS) is 18.2. The molecule has 0 unspecified atom stereocenters. The number of primary sulfonamides is 1. The van der Waals surface area contributed by atoms with Gasteiger partial charge in [-0.3, -0.25) is 0 Å². The van der Waals surface area contributed by atoms with Gasteiger partial charge in [-0.05, 0) is 25.5 Å². The zero-order chi connectivity index (χ0) is 9.19. The van der Waals surface area contributed by atoms with Gasteiger partial charge in [0.25, 0.3) is 0 Å². The van der Waals surface area contributed by atoms with Crippen molar-refractivity contribution in [1.29, 1.82) is 0 Å². The highest BCUT2D eigenvalue weighted by Gasteiger charge is 2.08. The van der Waals surface area contributed by atoms with Crippen LogP contribution in [0, 0.1) is 0 Å². The van der Waals surface area contributed by atoms with E-state index in [0.29, 0.717) is 0 Å². The lowest BCUT2D eigenvalue weighted by molar-refractivity contribution is 0.604. The fraction of sp³-hybridized carbons (Fsp3) is 0.250. The molecule has 0 saturated carbocycles. The van der Waals surface area contributed by atoms with Gasteiger partial charge in [-0.15, -0.1) is 0 Å². The molecule has 3 nitrogen and oxygen atoms in total. The van der Waals surface area contributed by atoms with Gasteiger partial charge in [0, 0.05) is 0 Å². The molecule has 0 radical (unpaired) electrons. The molecule has 0 saturated heterocycles. The Morgan fingerprint density at radius 2 is 2.08 bits per heavy atom. The number of sulfonamides is 1. The van der Waals surface area contributed by atoms with Gasteiger partial charge in [0.15, 0.2) is 0 Å². The maximum absolute atomic E-state index is 10.9. The number of allylic oxidation sites excluding steroid dienone is 5. The number of nitrogens with two attached hydrogens (primary N) is 1. The summed E-state index contributed by atoms with van der Waals surface area (Å²) in [5, 5.41) is 4.95. The van der Waals surface area contributed by atoms with Crippen LogP contribution in [0.1, 0.15) is 13.3 Å². The van der Waals surface area contributed by atoms with Gasteiger partial charge in [0.05, 0.1) is 4.91 Å². The Bertz CT molecular complexity index is 361. The Balaban J connectivity index is 3.09. The Labute approximate surface area is 72.3 Å². The molecule has 0 spiro atoms.